The van der Waals surface area contributed by atoms with Gasteiger partial charge in [0.15, 0.2) is 5.58 Å². The maximum Gasteiger partial charge on any atom is 0.419 e. The van der Waals surface area contributed by atoms with Gasteiger partial charge in [0.2, 0.25) is 5.91 Å². The van der Waals surface area contributed by atoms with Crippen LogP contribution in [0, 0.1) is 5.92 Å². The van der Waals surface area contributed by atoms with E-state index in [4.69, 9.17) is 4.42 Å². The molecule has 25 heavy (non-hydrogen) atoms. The molecule has 1 fully saturated rings. The second-order valence-corrected chi connectivity index (χ2v) is 6.88. The Balaban J connectivity index is 1.69. The first-order valence-corrected chi connectivity index (χ1v) is 8.53. The van der Waals surface area contributed by atoms with Crippen molar-refractivity contribution in [2.75, 3.05) is 26.2 Å². The molecule has 1 aliphatic rings. The summed E-state index contributed by atoms with van der Waals surface area (Å²) in [7, 11) is 1.61. The van der Waals surface area contributed by atoms with Crippen LogP contribution in [0.25, 0.3) is 11.1 Å². The van der Waals surface area contributed by atoms with Gasteiger partial charge in [0.05, 0.1) is 5.52 Å². The number of aromatic nitrogens is 1. The van der Waals surface area contributed by atoms with Crippen molar-refractivity contribution >= 4 is 22.9 Å². The molecule has 0 bridgehead atoms. The number of carbonyl (C=O) groups excluding carboxylic acids is 2. The fraction of sp³-hybridized carbons (Fsp3) is 0.500. The van der Waals surface area contributed by atoms with Crippen molar-refractivity contribution in [3.8, 4) is 0 Å². The molecule has 134 valence electrons. The number of rotatable bonds is 3. The number of fused-ring (bicyclic) bond motifs is 1. The minimum absolute atomic E-state index is 0.0912. The molecular weight excluding hydrogens is 322 g/mol. The molecule has 0 saturated carbocycles. The SMILES string of the molecule is CC(C)CC(=O)N1CCN(C(=O)c2ccc3oc(=O)n(C)c3c2)CC1. The standard InChI is InChI=1S/C18H23N3O4/c1-12(2)10-16(22)20-6-8-21(9-7-20)17(23)13-4-5-15-14(11-13)19(3)18(24)25-15/h4-5,11-12H,6-10H2,1-3H3. The van der Waals surface area contributed by atoms with E-state index < -0.39 is 5.76 Å². The molecule has 1 aromatic carbocycles. The van der Waals surface area contributed by atoms with Crippen molar-refractivity contribution in [3.05, 3.63) is 34.3 Å². The van der Waals surface area contributed by atoms with Crippen LogP contribution in [0.4, 0.5) is 0 Å². The lowest BCUT2D eigenvalue weighted by molar-refractivity contribution is -0.133. The van der Waals surface area contributed by atoms with Crippen molar-refractivity contribution in [1.82, 2.24) is 14.4 Å². The highest BCUT2D eigenvalue weighted by Crippen LogP contribution is 2.17. The number of aryl methyl sites for hydroxylation is 1. The van der Waals surface area contributed by atoms with Crippen LogP contribution >= 0.6 is 0 Å². The van der Waals surface area contributed by atoms with E-state index >= 15 is 0 Å². The van der Waals surface area contributed by atoms with E-state index in [2.05, 4.69) is 0 Å². The van der Waals surface area contributed by atoms with Crippen molar-refractivity contribution < 1.29 is 14.0 Å². The fourth-order valence-corrected chi connectivity index (χ4v) is 3.08. The number of amides is 2. The second-order valence-electron chi connectivity index (χ2n) is 6.88. The number of hydrogen-bond donors (Lipinski definition) is 0. The third-order valence-corrected chi connectivity index (χ3v) is 4.54. The van der Waals surface area contributed by atoms with Gasteiger partial charge >= 0.3 is 5.76 Å². The van der Waals surface area contributed by atoms with Crippen LogP contribution in [0.1, 0.15) is 30.6 Å². The lowest BCUT2D eigenvalue weighted by Gasteiger charge is -2.35. The van der Waals surface area contributed by atoms with Crippen LogP contribution in [-0.2, 0) is 11.8 Å². The van der Waals surface area contributed by atoms with Crippen molar-refractivity contribution in [1.29, 1.82) is 0 Å². The van der Waals surface area contributed by atoms with Crippen LogP contribution in [0.5, 0.6) is 0 Å². The zero-order chi connectivity index (χ0) is 18.1. The van der Waals surface area contributed by atoms with Gasteiger partial charge in [-0.25, -0.2) is 4.79 Å². The molecule has 3 rings (SSSR count). The molecule has 0 atom stereocenters. The van der Waals surface area contributed by atoms with E-state index in [1.54, 1.807) is 30.1 Å². The molecule has 0 unspecified atom stereocenters. The molecule has 7 nitrogen and oxygen atoms in total. The molecule has 0 spiro atoms. The van der Waals surface area contributed by atoms with Crippen LogP contribution in [0.15, 0.2) is 27.4 Å². The highest BCUT2D eigenvalue weighted by Gasteiger charge is 2.25. The van der Waals surface area contributed by atoms with Gasteiger partial charge in [-0.3, -0.25) is 14.2 Å². The summed E-state index contributed by atoms with van der Waals surface area (Å²) in [6.07, 6.45) is 0.541. The normalized spacial score (nSPS) is 15.2. The third-order valence-electron chi connectivity index (χ3n) is 4.54. The first-order valence-electron chi connectivity index (χ1n) is 8.53. The van der Waals surface area contributed by atoms with Crippen LogP contribution in [0.3, 0.4) is 0 Å². The Kier molecular flexibility index (Phi) is 4.65. The average Bonchev–Trinajstić information content (AvgIpc) is 2.88. The van der Waals surface area contributed by atoms with Gasteiger partial charge in [-0.1, -0.05) is 13.8 Å². The monoisotopic (exact) mass is 345 g/mol. The minimum Gasteiger partial charge on any atom is -0.408 e. The van der Waals surface area contributed by atoms with E-state index in [0.29, 0.717) is 55.2 Å². The van der Waals surface area contributed by atoms with Crippen LogP contribution in [-0.4, -0.2) is 52.4 Å². The number of oxazole rings is 1. The summed E-state index contributed by atoms with van der Waals surface area (Å²) in [6.45, 7) is 6.21. The Labute approximate surface area is 145 Å². The Hall–Kier alpha value is -2.57. The van der Waals surface area contributed by atoms with Crippen molar-refractivity contribution in [2.24, 2.45) is 13.0 Å². The van der Waals surface area contributed by atoms with Gasteiger partial charge < -0.3 is 14.2 Å². The zero-order valence-electron chi connectivity index (χ0n) is 14.8. The Morgan fingerprint density at radius 3 is 2.40 bits per heavy atom. The number of piperazine rings is 1. The van der Waals surface area contributed by atoms with Gasteiger partial charge in [-0.15, -0.1) is 0 Å². The molecule has 1 aliphatic heterocycles. The summed E-state index contributed by atoms with van der Waals surface area (Å²) in [5, 5.41) is 0. The third kappa shape index (κ3) is 3.45. The Morgan fingerprint density at radius 2 is 1.76 bits per heavy atom. The first-order chi connectivity index (χ1) is 11.9. The van der Waals surface area contributed by atoms with Crippen molar-refractivity contribution in [2.45, 2.75) is 20.3 Å². The molecule has 2 aromatic rings. The number of nitrogens with zero attached hydrogens (tertiary/aromatic N) is 3. The second kappa shape index (κ2) is 6.74. The first kappa shape index (κ1) is 17.3. The Morgan fingerprint density at radius 1 is 1.12 bits per heavy atom. The predicted molar refractivity (Wildman–Crippen MR) is 93.4 cm³/mol. The van der Waals surface area contributed by atoms with Crippen molar-refractivity contribution in [3.63, 3.8) is 0 Å². The van der Waals surface area contributed by atoms with Gasteiger partial charge in [-0.05, 0) is 24.1 Å². The van der Waals surface area contributed by atoms with Gasteiger partial charge in [0.25, 0.3) is 5.91 Å². The molecule has 0 N–H and O–H groups in total. The fourth-order valence-electron chi connectivity index (χ4n) is 3.08. The molecule has 0 radical (unpaired) electrons. The van der Waals surface area contributed by atoms with Crippen LogP contribution < -0.4 is 5.76 Å². The highest BCUT2D eigenvalue weighted by molar-refractivity contribution is 5.97. The van der Waals surface area contributed by atoms with E-state index in [-0.39, 0.29) is 11.8 Å². The van der Waals surface area contributed by atoms with E-state index in [0.717, 1.165) is 0 Å². The number of benzene rings is 1. The highest BCUT2D eigenvalue weighted by atomic mass is 16.4. The molecule has 2 amide bonds. The molecule has 2 heterocycles. The van der Waals surface area contributed by atoms with E-state index in [1.807, 2.05) is 18.7 Å². The maximum absolute atomic E-state index is 12.7. The number of hydrogen-bond acceptors (Lipinski definition) is 4. The largest absolute Gasteiger partial charge is 0.419 e. The minimum atomic E-state index is -0.447. The van der Waals surface area contributed by atoms with Crippen LogP contribution in [0.2, 0.25) is 0 Å². The lowest BCUT2D eigenvalue weighted by atomic mass is 10.1. The smallest absolute Gasteiger partial charge is 0.408 e. The van der Waals surface area contributed by atoms with Gasteiger partial charge in [0.1, 0.15) is 0 Å². The summed E-state index contributed by atoms with van der Waals surface area (Å²) in [6, 6.07) is 5.00. The number of carbonyl (C=O) groups is 2. The maximum atomic E-state index is 12.7. The summed E-state index contributed by atoms with van der Waals surface area (Å²) in [5.74, 6) is -0.0548. The molecular formula is C18H23N3O4. The predicted octanol–water partition coefficient (Wildman–Crippen LogP) is 1.46. The summed E-state index contributed by atoms with van der Waals surface area (Å²) >= 11 is 0. The molecule has 1 aromatic heterocycles. The molecule has 1 saturated heterocycles. The molecule has 7 heteroatoms. The average molecular weight is 345 g/mol. The lowest BCUT2D eigenvalue weighted by Crippen LogP contribution is -2.50. The molecule has 0 aliphatic carbocycles. The van der Waals surface area contributed by atoms with E-state index in [1.165, 1.54) is 4.57 Å². The topological polar surface area (TPSA) is 75.8 Å². The van der Waals surface area contributed by atoms with Gasteiger partial charge in [0, 0.05) is 45.2 Å². The quantitative estimate of drug-likeness (QED) is 0.844. The zero-order valence-corrected chi connectivity index (χ0v) is 14.8. The Bertz CT molecular complexity index is 857. The summed E-state index contributed by atoms with van der Waals surface area (Å²) in [5.41, 5.74) is 1.58. The van der Waals surface area contributed by atoms with Gasteiger partial charge in [-0.2, -0.15) is 0 Å². The summed E-state index contributed by atoms with van der Waals surface area (Å²) < 4.78 is 6.47. The summed E-state index contributed by atoms with van der Waals surface area (Å²) in [4.78, 5) is 40.0. The van der Waals surface area contributed by atoms with E-state index in [9.17, 15) is 14.4 Å².